The molecule has 1 aromatic carbocycles. The van der Waals surface area contributed by atoms with Crippen LogP contribution in [0.5, 0.6) is 5.75 Å². The van der Waals surface area contributed by atoms with Crippen LogP contribution in [-0.4, -0.2) is 44.6 Å². The maximum absolute atomic E-state index is 12.7. The van der Waals surface area contributed by atoms with E-state index in [0.717, 1.165) is 6.07 Å². The Balaban J connectivity index is 2.64. The van der Waals surface area contributed by atoms with Crippen molar-refractivity contribution >= 4 is 5.91 Å². The molecule has 0 aromatic heterocycles. The number of likely N-dealkylation sites (N-methyl/N-ethyl adjacent to an activating group) is 2. The lowest BCUT2D eigenvalue weighted by Gasteiger charge is -2.18. The molecule has 0 radical (unpaired) electrons. The van der Waals surface area contributed by atoms with E-state index in [-0.39, 0.29) is 11.7 Å². The summed E-state index contributed by atoms with van der Waals surface area (Å²) in [6.07, 6.45) is -4.50. The highest BCUT2D eigenvalue weighted by atomic mass is 19.4. The number of nitrogens with one attached hydrogen (secondary N) is 1. The molecule has 1 N–H and O–H groups in total. The first-order chi connectivity index (χ1) is 9.36. The predicted molar refractivity (Wildman–Crippen MR) is 68.5 cm³/mol. The number of para-hydroxylation sites is 1. The van der Waals surface area contributed by atoms with Crippen LogP contribution in [0, 0.1) is 0 Å². The van der Waals surface area contributed by atoms with Crippen molar-refractivity contribution in [3.05, 3.63) is 29.8 Å². The van der Waals surface area contributed by atoms with Crippen LogP contribution in [0.25, 0.3) is 0 Å². The number of alkyl halides is 3. The molecule has 0 unspecified atom stereocenters. The number of benzene rings is 1. The Morgan fingerprint density at radius 2 is 2.00 bits per heavy atom. The van der Waals surface area contributed by atoms with Crippen LogP contribution in [0.2, 0.25) is 0 Å². The number of nitrogens with zero attached hydrogens (tertiary/aromatic N) is 1. The molecule has 0 fully saturated rings. The van der Waals surface area contributed by atoms with Crippen LogP contribution in [-0.2, 0) is 11.0 Å². The van der Waals surface area contributed by atoms with Crippen molar-refractivity contribution in [2.24, 2.45) is 0 Å². The third kappa shape index (κ3) is 4.73. The van der Waals surface area contributed by atoms with E-state index in [1.165, 1.54) is 23.1 Å². The molecular formula is C13H17F3N2O2. The highest BCUT2D eigenvalue weighted by Crippen LogP contribution is 2.35. The van der Waals surface area contributed by atoms with Gasteiger partial charge in [-0.25, -0.2) is 0 Å². The normalized spacial score (nSPS) is 11.2. The van der Waals surface area contributed by atoms with Crippen LogP contribution in [0.1, 0.15) is 5.56 Å². The van der Waals surface area contributed by atoms with Crippen molar-refractivity contribution in [3.63, 3.8) is 0 Å². The molecule has 0 atom stereocenters. The summed E-state index contributed by atoms with van der Waals surface area (Å²) >= 11 is 0. The minimum Gasteiger partial charge on any atom is -0.483 e. The summed E-state index contributed by atoms with van der Waals surface area (Å²) in [5.74, 6) is -0.715. The van der Waals surface area contributed by atoms with E-state index in [0.29, 0.717) is 13.1 Å². The molecule has 1 rings (SSSR count). The van der Waals surface area contributed by atoms with Gasteiger partial charge in [-0.15, -0.1) is 0 Å². The van der Waals surface area contributed by atoms with Gasteiger partial charge in [0.05, 0.1) is 5.56 Å². The fourth-order valence-electron chi connectivity index (χ4n) is 1.48. The molecule has 4 nitrogen and oxygen atoms in total. The molecule has 20 heavy (non-hydrogen) atoms. The molecule has 0 bridgehead atoms. The number of carbonyl (C=O) groups is 1. The van der Waals surface area contributed by atoms with Crippen LogP contribution in [0.3, 0.4) is 0 Å². The summed E-state index contributed by atoms with van der Waals surface area (Å²) < 4.78 is 43.1. The molecule has 0 aliphatic rings. The molecule has 1 amide bonds. The zero-order chi connectivity index (χ0) is 15.2. The van der Waals surface area contributed by atoms with Crippen molar-refractivity contribution in [2.45, 2.75) is 6.18 Å². The average Bonchev–Trinajstić information content (AvgIpc) is 2.41. The van der Waals surface area contributed by atoms with Gasteiger partial charge in [0.15, 0.2) is 6.61 Å². The molecule has 112 valence electrons. The first kappa shape index (κ1) is 16.3. The maximum Gasteiger partial charge on any atom is 0.419 e. The number of ether oxygens (including phenoxy) is 1. The number of carbonyl (C=O) groups excluding carboxylic acids is 1. The Kier molecular flexibility index (Phi) is 5.82. The molecular weight excluding hydrogens is 273 g/mol. The molecule has 7 heteroatoms. The van der Waals surface area contributed by atoms with Gasteiger partial charge in [-0.05, 0) is 19.2 Å². The van der Waals surface area contributed by atoms with Gasteiger partial charge in [0, 0.05) is 20.1 Å². The van der Waals surface area contributed by atoms with Crippen molar-refractivity contribution in [3.8, 4) is 5.75 Å². The Labute approximate surface area is 115 Å². The van der Waals surface area contributed by atoms with Crippen molar-refractivity contribution < 1.29 is 22.7 Å². The second-order valence-electron chi connectivity index (χ2n) is 4.20. The first-order valence-corrected chi connectivity index (χ1v) is 6.04. The van der Waals surface area contributed by atoms with Crippen molar-refractivity contribution in [2.75, 3.05) is 33.8 Å². The fourth-order valence-corrected chi connectivity index (χ4v) is 1.48. The van der Waals surface area contributed by atoms with Crippen LogP contribution >= 0.6 is 0 Å². The zero-order valence-electron chi connectivity index (χ0n) is 11.3. The lowest BCUT2D eigenvalue weighted by Crippen LogP contribution is -2.36. The van der Waals surface area contributed by atoms with Gasteiger partial charge < -0.3 is 15.0 Å². The number of hydrogen-bond donors (Lipinski definition) is 1. The Morgan fingerprint density at radius 3 is 2.60 bits per heavy atom. The summed E-state index contributed by atoms with van der Waals surface area (Å²) in [6.45, 7) is 0.633. The summed E-state index contributed by atoms with van der Waals surface area (Å²) in [5.41, 5.74) is -0.884. The largest absolute Gasteiger partial charge is 0.483 e. The monoisotopic (exact) mass is 290 g/mol. The summed E-state index contributed by atoms with van der Waals surface area (Å²) in [5, 5.41) is 2.87. The molecule has 1 aromatic rings. The van der Waals surface area contributed by atoms with Gasteiger partial charge in [0.2, 0.25) is 0 Å². The number of amides is 1. The standard InChI is InChI=1S/C13H17F3N2O2/c1-17-7-8-18(2)12(19)9-20-11-6-4-3-5-10(11)13(14,15)16/h3-6,17H,7-9H2,1-2H3. The van der Waals surface area contributed by atoms with Crippen molar-refractivity contribution in [1.82, 2.24) is 10.2 Å². The topological polar surface area (TPSA) is 41.6 Å². The fraction of sp³-hybridized carbons (Fsp3) is 0.462. The van der Waals surface area contributed by atoms with Gasteiger partial charge in [0.1, 0.15) is 5.75 Å². The zero-order valence-corrected chi connectivity index (χ0v) is 11.3. The molecule has 0 saturated carbocycles. The smallest absolute Gasteiger partial charge is 0.419 e. The summed E-state index contributed by atoms with van der Waals surface area (Å²) in [7, 11) is 3.31. The molecule has 0 spiro atoms. The Bertz CT molecular complexity index is 449. The average molecular weight is 290 g/mol. The lowest BCUT2D eigenvalue weighted by molar-refractivity contribution is -0.140. The Hall–Kier alpha value is -1.76. The maximum atomic E-state index is 12.7. The second kappa shape index (κ2) is 7.14. The predicted octanol–water partition coefficient (Wildman–Crippen LogP) is 1.76. The summed E-state index contributed by atoms with van der Waals surface area (Å²) in [4.78, 5) is 13.1. The van der Waals surface area contributed by atoms with E-state index in [1.807, 2.05) is 0 Å². The van der Waals surface area contributed by atoms with Crippen LogP contribution in [0.15, 0.2) is 24.3 Å². The number of halogens is 3. The van der Waals surface area contributed by atoms with Crippen LogP contribution < -0.4 is 10.1 Å². The van der Waals surface area contributed by atoms with E-state index in [2.05, 4.69) is 5.32 Å². The summed E-state index contributed by atoms with van der Waals surface area (Å²) in [6, 6.07) is 4.82. The van der Waals surface area contributed by atoms with Crippen LogP contribution in [0.4, 0.5) is 13.2 Å². The van der Waals surface area contributed by atoms with Gasteiger partial charge >= 0.3 is 6.18 Å². The van der Waals surface area contributed by atoms with E-state index in [4.69, 9.17) is 4.74 Å². The highest BCUT2D eigenvalue weighted by Gasteiger charge is 2.34. The quantitative estimate of drug-likeness (QED) is 0.868. The van der Waals surface area contributed by atoms with E-state index < -0.39 is 18.3 Å². The third-order valence-corrected chi connectivity index (χ3v) is 2.67. The van der Waals surface area contributed by atoms with Gasteiger partial charge in [0.25, 0.3) is 5.91 Å². The van der Waals surface area contributed by atoms with E-state index >= 15 is 0 Å². The Morgan fingerprint density at radius 1 is 1.35 bits per heavy atom. The molecule has 0 aliphatic heterocycles. The second-order valence-corrected chi connectivity index (χ2v) is 4.20. The molecule has 0 saturated heterocycles. The van der Waals surface area contributed by atoms with Crippen molar-refractivity contribution in [1.29, 1.82) is 0 Å². The number of hydrogen-bond acceptors (Lipinski definition) is 3. The molecule has 0 heterocycles. The number of rotatable bonds is 6. The first-order valence-electron chi connectivity index (χ1n) is 6.04. The van der Waals surface area contributed by atoms with E-state index in [9.17, 15) is 18.0 Å². The molecule has 0 aliphatic carbocycles. The van der Waals surface area contributed by atoms with Gasteiger partial charge in [-0.1, -0.05) is 12.1 Å². The highest BCUT2D eigenvalue weighted by molar-refractivity contribution is 5.77. The van der Waals surface area contributed by atoms with Gasteiger partial charge in [-0.2, -0.15) is 13.2 Å². The minimum absolute atomic E-state index is 0.338. The van der Waals surface area contributed by atoms with E-state index in [1.54, 1.807) is 14.1 Å². The van der Waals surface area contributed by atoms with Gasteiger partial charge in [-0.3, -0.25) is 4.79 Å². The SMILES string of the molecule is CNCCN(C)C(=O)COc1ccccc1C(F)(F)F. The minimum atomic E-state index is -4.50. The lowest BCUT2D eigenvalue weighted by atomic mass is 10.2. The third-order valence-electron chi connectivity index (χ3n) is 2.67.